The van der Waals surface area contributed by atoms with Crippen molar-refractivity contribution in [2.45, 2.75) is 71.0 Å². The monoisotopic (exact) mass is 294 g/mol. The summed E-state index contributed by atoms with van der Waals surface area (Å²) in [6.07, 6.45) is 5.64. The second-order valence-electron chi connectivity index (χ2n) is 7.39. The van der Waals surface area contributed by atoms with Crippen molar-refractivity contribution in [3.63, 3.8) is 0 Å². The first kappa shape index (κ1) is 14.9. The van der Waals surface area contributed by atoms with Crippen LogP contribution in [0.4, 0.5) is 0 Å². The minimum Gasteiger partial charge on any atom is -0.456 e. The molecular formula is C17H26O4. The molecule has 4 bridgehead atoms. The van der Waals surface area contributed by atoms with Gasteiger partial charge in [0.2, 0.25) is 0 Å². The van der Waals surface area contributed by atoms with Gasteiger partial charge in [-0.2, -0.15) is 0 Å². The minimum absolute atomic E-state index is 0.281. The summed E-state index contributed by atoms with van der Waals surface area (Å²) in [6, 6.07) is 0. The van der Waals surface area contributed by atoms with Gasteiger partial charge in [-0.05, 0) is 69.6 Å². The van der Waals surface area contributed by atoms with E-state index in [-0.39, 0.29) is 24.0 Å². The maximum atomic E-state index is 12.3. The Hall–Kier alpha value is -1.06. The predicted octanol–water partition coefficient (Wildman–Crippen LogP) is 3.09. The highest BCUT2D eigenvalue weighted by Gasteiger charge is 2.57. The molecule has 0 heterocycles. The third-order valence-electron chi connectivity index (χ3n) is 6.01. The lowest BCUT2D eigenvalue weighted by atomic mass is 9.50. The van der Waals surface area contributed by atoms with Crippen molar-refractivity contribution in [3.8, 4) is 0 Å². The molecule has 4 rings (SSSR count). The van der Waals surface area contributed by atoms with Crippen molar-refractivity contribution in [1.82, 2.24) is 0 Å². The summed E-state index contributed by atoms with van der Waals surface area (Å²) in [5.74, 6) is 1.93. The molecule has 1 unspecified atom stereocenters. The number of esters is 2. The van der Waals surface area contributed by atoms with Crippen molar-refractivity contribution < 1.29 is 19.1 Å². The first-order chi connectivity index (χ1) is 9.92. The second-order valence-corrected chi connectivity index (χ2v) is 7.39. The maximum absolute atomic E-state index is 12.3. The van der Waals surface area contributed by atoms with Gasteiger partial charge in [0.25, 0.3) is 0 Å². The van der Waals surface area contributed by atoms with Gasteiger partial charge >= 0.3 is 11.9 Å². The molecule has 0 aliphatic heterocycles. The third kappa shape index (κ3) is 2.58. The summed E-state index contributed by atoms with van der Waals surface area (Å²) in [5, 5.41) is 0. The Labute approximate surface area is 126 Å². The number of rotatable bonds is 4. The zero-order chi connectivity index (χ0) is 15.2. The maximum Gasteiger partial charge on any atom is 0.347 e. The highest BCUT2D eigenvalue weighted by molar-refractivity contribution is 5.79. The van der Waals surface area contributed by atoms with Crippen LogP contribution in [0.3, 0.4) is 0 Å². The summed E-state index contributed by atoms with van der Waals surface area (Å²) >= 11 is 0. The Bertz CT molecular complexity index is 414. The van der Waals surface area contributed by atoms with Crippen LogP contribution in [0.2, 0.25) is 0 Å². The van der Waals surface area contributed by atoms with Gasteiger partial charge in [-0.25, -0.2) is 4.79 Å². The van der Waals surface area contributed by atoms with Crippen LogP contribution in [0.15, 0.2) is 0 Å². The lowest BCUT2D eigenvalue weighted by molar-refractivity contribution is -0.212. The lowest BCUT2D eigenvalue weighted by Gasteiger charge is -2.59. The molecule has 4 aliphatic carbocycles. The molecule has 0 aromatic carbocycles. The number of carbonyl (C=O) groups is 2. The largest absolute Gasteiger partial charge is 0.456 e. The minimum atomic E-state index is -0.800. The Balaban J connectivity index is 1.66. The summed E-state index contributed by atoms with van der Waals surface area (Å²) < 4.78 is 11.0. The van der Waals surface area contributed by atoms with Crippen molar-refractivity contribution in [3.05, 3.63) is 0 Å². The van der Waals surface area contributed by atoms with Gasteiger partial charge in [0.15, 0.2) is 6.10 Å². The summed E-state index contributed by atoms with van der Waals surface area (Å²) in [4.78, 5) is 23.6. The summed E-state index contributed by atoms with van der Waals surface area (Å²) in [6.45, 7) is 5.43. The van der Waals surface area contributed by atoms with Crippen molar-refractivity contribution in [2.75, 3.05) is 0 Å². The molecule has 4 heteroatoms. The molecule has 0 aromatic heterocycles. The van der Waals surface area contributed by atoms with Crippen LogP contribution >= 0.6 is 0 Å². The van der Waals surface area contributed by atoms with E-state index in [9.17, 15) is 9.59 Å². The topological polar surface area (TPSA) is 52.6 Å². The standard InChI is InChI=1S/C17H26O4/c1-4-15(18)20-10(2)16(19)21-17(3)13-6-11-5-12(8-13)9-14(17)7-11/h10-14H,4-9H2,1-3H3. The predicted molar refractivity (Wildman–Crippen MR) is 77.4 cm³/mol. The zero-order valence-corrected chi connectivity index (χ0v) is 13.3. The van der Waals surface area contributed by atoms with E-state index in [1.54, 1.807) is 13.8 Å². The average Bonchev–Trinajstić information content (AvgIpc) is 2.44. The molecule has 0 spiro atoms. The molecule has 4 fully saturated rings. The van der Waals surface area contributed by atoms with Crippen molar-refractivity contribution >= 4 is 11.9 Å². The molecule has 0 saturated heterocycles. The Morgan fingerprint density at radius 1 is 1.10 bits per heavy atom. The molecule has 0 aromatic rings. The Morgan fingerprint density at radius 3 is 2.10 bits per heavy atom. The third-order valence-corrected chi connectivity index (χ3v) is 6.01. The molecule has 0 radical (unpaired) electrons. The molecule has 4 aliphatic rings. The molecule has 4 nitrogen and oxygen atoms in total. The smallest absolute Gasteiger partial charge is 0.347 e. The van der Waals surface area contributed by atoms with Crippen LogP contribution in [0, 0.1) is 23.7 Å². The van der Waals surface area contributed by atoms with Crippen molar-refractivity contribution in [1.29, 1.82) is 0 Å². The van der Waals surface area contributed by atoms with E-state index in [2.05, 4.69) is 6.92 Å². The van der Waals surface area contributed by atoms with Crippen LogP contribution in [-0.4, -0.2) is 23.6 Å². The number of ether oxygens (including phenoxy) is 2. The molecule has 4 saturated carbocycles. The highest BCUT2D eigenvalue weighted by Crippen LogP contribution is 2.59. The van der Waals surface area contributed by atoms with E-state index in [1.165, 1.54) is 32.1 Å². The van der Waals surface area contributed by atoms with E-state index in [4.69, 9.17) is 9.47 Å². The molecule has 0 amide bonds. The molecular weight excluding hydrogens is 268 g/mol. The molecule has 0 N–H and O–H groups in total. The lowest BCUT2D eigenvalue weighted by Crippen LogP contribution is -2.58. The Kier molecular flexibility index (Phi) is 3.74. The highest BCUT2D eigenvalue weighted by atomic mass is 16.6. The number of hydrogen-bond acceptors (Lipinski definition) is 4. The van der Waals surface area contributed by atoms with Gasteiger partial charge in [0.05, 0.1) is 0 Å². The van der Waals surface area contributed by atoms with Gasteiger partial charge in [0, 0.05) is 6.42 Å². The van der Waals surface area contributed by atoms with E-state index in [0.717, 1.165) is 11.8 Å². The van der Waals surface area contributed by atoms with Gasteiger partial charge in [-0.3, -0.25) is 4.79 Å². The molecule has 118 valence electrons. The van der Waals surface area contributed by atoms with Gasteiger partial charge in [0.1, 0.15) is 5.60 Å². The Morgan fingerprint density at radius 2 is 1.62 bits per heavy atom. The fourth-order valence-electron chi connectivity index (χ4n) is 4.92. The zero-order valence-electron chi connectivity index (χ0n) is 13.3. The fraction of sp³-hybridized carbons (Fsp3) is 0.882. The van der Waals surface area contributed by atoms with Crippen LogP contribution < -0.4 is 0 Å². The first-order valence-corrected chi connectivity index (χ1v) is 8.34. The molecule has 1 atom stereocenters. The number of hydrogen-bond donors (Lipinski definition) is 0. The van der Waals surface area contributed by atoms with E-state index >= 15 is 0 Å². The van der Waals surface area contributed by atoms with Gasteiger partial charge < -0.3 is 9.47 Å². The van der Waals surface area contributed by atoms with Gasteiger partial charge in [-0.15, -0.1) is 0 Å². The average molecular weight is 294 g/mol. The summed E-state index contributed by atoms with van der Waals surface area (Å²) in [5.41, 5.74) is -0.350. The van der Waals surface area contributed by atoms with Gasteiger partial charge in [-0.1, -0.05) is 6.92 Å². The fourth-order valence-corrected chi connectivity index (χ4v) is 4.92. The van der Waals surface area contributed by atoms with Crippen molar-refractivity contribution in [2.24, 2.45) is 23.7 Å². The van der Waals surface area contributed by atoms with E-state index in [1.807, 2.05) is 0 Å². The van der Waals surface area contributed by atoms with Crippen LogP contribution in [0.25, 0.3) is 0 Å². The van der Waals surface area contributed by atoms with E-state index < -0.39 is 6.10 Å². The van der Waals surface area contributed by atoms with Crippen LogP contribution in [-0.2, 0) is 19.1 Å². The second kappa shape index (κ2) is 5.29. The summed E-state index contributed by atoms with van der Waals surface area (Å²) in [7, 11) is 0. The van der Waals surface area contributed by atoms with Crippen LogP contribution in [0.1, 0.15) is 59.3 Å². The quantitative estimate of drug-likeness (QED) is 0.748. The molecule has 21 heavy (non-hydrogen) atoms. The van der Waals surface area contributed by atoms with E-state index in [0.29, 0.717) is 11.8 Å². The first-order valence-electron chi connectivity index (χ1n) is 8.34. The number of carbonyl (C=O) groups excluding carboxylic acids is 2. The van der Waals surface area contributed by atoms with Crippen LogP contribution in [0.5, 0.6) is 0 Å². The normalized spacial score (nSPS) is 41.7. The SMILES string of the molecule is CCC(=O)OC(C)C(=O)OC1(C)C2CC3CC(C2)CC1C3.